The molecule has 0 heterocycles. The highest BCUT2D eigenvalue weighted by molar-refractivity contribution is 7.93. The maximum Gasteiger partial charge on any atom is 0.408 e. The molecule has 194 valence electrons. The van der Waals surface area contributed by atoms with Crippen molar-refractivity contribution in [1.29, 1.82) is 0 Å². The fraction of sp³-hybridized carbons (Fsp3) is 0.667. The summed E-state index contributed by atoms with van der Waals surface area (Å²) in [6.45, 7) is 19.4. The number of nitrogens with one attached hydrogen (secondary N) is 2. The molecule has 2 atom stereocenters. The van der Waals surface area contributed by atoms with E-state index in [9.17, 15) is 13.8 Å². The molecule has 10 heteroatoms. The van der Waals surface area contributed by atoms with Crippen LogP contribution in [0, 0.1) is 5.92 Å². The Morgan fingerprint density at radius 2 is 1.71 bits per heavy atom. The van der Waals surface area contributed by atoms with Gasteiger partial charge < -0.3 is 14.8 Å². The highest BCUT2D eigenvalue weighted by Crippen LogP contribution is 2.35. The molecular weight excluding hydrogens is 470 g/mol. The van der Waals surface area contributed by atoms with Gasteiger partial charge in [-0.05, 0) is 56.3 Å². The van der Waals surface area contributed by atoms with Crippen LogP contribution in [-0.4, -0.2) is 43.2 Å². The number of amides is 2. The van der Waals surface area contributed by atoms with Gasteiger partial charge in [0, 0.05) is 0 Å². The Balaban J connectivity index is 3.56. The predicted octanol–water partition coefficient (Wildman–Crippen LogP) is 5.50. The number of rotatable bonds is 8. The van der Waals surface area contributed by atoms with Crippen LogP contribution in [0.3, 0.4) is 0 Å². The van der Waals surface area contributed by atoms with E-state index in [0.29, 0.717) is 17.1 Å². The van der Waals surface area contributed by atoms with Crippen LogP contribution in [0.2, 0.25) is 18.1 Å². The fourth-order valence-corrected chi connectivity index (χ4v) is 8.41. The first-order chi connectivity index (χ1) is 15.3. The lowest BCUT2D eigenvalue weighted by molar-refractivity contribution is -0.120. The Morgan fingerprint density at radius 1 is 1.12 bits per heavy atom. The van der Waals surface area contributed by atoms with Crippen molar-refractivity contribution in [2.45, 2.75) is 96.5 Å². The summed E-state index contributed by atoms with van der Waals surface area (Å²) >= 11 is 0. The lowest BCUT2D eigenvalue weighted by Gasteiger charge is -2.38. The third-order valence-electron chi connectivity index (χ3n) is 5.54. The molecule has 2 N–H and O–H groups in total. The van der Waals surface area contributed by atoms with E-state index in [2.05, 4.69) is 47.9 Å². The van der Waals surface area contributed by atoms with Crippen LogP contribution in [0.4, 0.5) is 4.79 Å². The number of carbonyl (C=O) groups excluding carboxylic acids is 2. The van der Waals surface area contributed by atoms with E-state index in [-0.39, 0.29) is 11.0 Å². The SMILES string of the molecule is COc1cccc(S(=O)(=NC(=O)[C@H](CC(C)C)NC(=O)OC(C)(C)C)N[Si](C)(C)C(C)(C)C)c1. The Labute approximate surface area is 207 Å². The second-order valence-electron chi connectivity index (χ2n) is 11.4. The third-order valence-corrected chi connectivity index (χ3v) is 13.8. The minimum absolute atomic E-state index is 0.0836. The molecule has 0 aliphatic rings. The lowest BCUT2D eigenvalue weighted by Crippen LogP contribution is -2.54. The molecule has 1 aromatic carbocycles. The van der Waals surface area contributed by atoms with E-state index in [0.717, 1.165) is 0 Å². The van der Waals surface area contributed by atoms with Crippen molar-refractivity contribution in [3.8, 4) is 5.75 Å². The third kappa shape index (κ3) is 9.03. The van der Waals surface area contributed by atoms with Crippen LogP contribution < -0.4 is 14.4 Å². The topological polar surface area (TPSA) is 106 Å². The van der Waals surface area contributed by atoms with Gasteiger partial charge in [-0.3, -0.25) is 4.79 Å². The molecule has 2 amide bonds. The fourth-order valence-electron chi connectivity index (χ4n) is 2.74. The minimum Gasteiger partial charge on any atom is -0.497 e. The first-order valence-electron chi connectivity index (χ1n) is 11.5. The molecule has 0 fully saturated rings. The van der Waals surface area contributed by atoms with E-state index in [1.54, 1.807) is 45.0 Å². The number of nitrogens with zero attached hydrogens (tertiary/aromatic N) is 1. The van der Waals surface area contributed by atoms with Gasteiger partial charge in [0.15, 0.2) is 0 Å². The van der Waals surface area contributed by atoms with Crippen molar-refractivity contribution >= 4 is 30.2 Å². The van der Waals surface area contributed by atoms with Crippen molar-refractivity contribution in [2.75, 3.05) is 7.11 Å². The zero-order valence-corrected chi connectivity index (χ0v) is 24.4. The quantitative estimate of drug-likeness (QED) is 0.447. The molecule has 0 aromatic heterocycles. The van der Waals surface area contributed by atoms with Gasteiger partial charge in [-0.2, -0.15) is 0 Å². The zero-order chi connectivity index (χ0) is 26.5. The Morgan fingerprint density at radius 3 is 2.18 bits per heavy atom. The summed E-state index contributed by atoms with van der Waals surface area (Å²) in [6, 6.07) is 5.77. The summed E-state index contributed by atoms with van der Waals surface area (Å²) in [6.07, 6.45) is -0.387. The molecule has 0 aliphatic heterocycles. The average Bonchev–Trinajstić information content (AvgIpc) is 2.64. The second-order valence-corrected chi connectivity index (χ2v) is 18.7. The number of benzene rings is 1. The summed E-state index contributed by atoms with van der Waals surface area (Å²) in [7, 11) is -4.23. The highest BCUT2D eigenvalue weighted by Gasteiger charge is 2.39. The van der Waals surface area contributed by atoms with Gasteiger partial charge in [-0.15, -0.1) is 4.36 Å². The van der Waals surface area contributed by atoms with Crippen LogP contribution in [0.15, 0.2) is 33.5 Å². The molecular formula is C24H43N3O5SSi. The minimum atomic E-state index is -3.38. The molecule has 0 bridgehead atoms. The van der Waals surface area contributed by atoms with E-state index < -0.39 is 41.8 Å². The van der Waals surface area contributed by atoms with Gasteiger partial charge in [0.2, 0.25) is 0 Å². The molecule has 0 saturated heterocycles. The molecule has 0 radical (unpaired) electrons. The summed E-state index contributed by atoms with van der Waals surface area (Å²) in [5.74, 6) is -0.0746. The van der Waals surface area contributed by atoms with Crippen molar-refractivity contribution in [1.82, 2.24) is 9.70 Å². The van der Waals surface area contributed by atoms with Crippen molar-refractivity contribution in [3.05, 3.63) is 24.3 Å². The highest BCUT2D eigenvalue weighted by atomic mass is 32.2. The Bertz CT molecular complexity index is 987. The summed E-state index contributed by atoms with van der Waals surface area (Å²) in [5, 5.41) is 2.46. The van der Waals surface area contributed by atoms with Crippen LogP contribution in [-0.2, 0) is 19.4 Å². The molecule has 8 nitrogen and oxygen atoms in total. The molecule has 0 spiro atoms. The van der Waals surface area contributed by atoms with Gasteiger partial charge >= 0.3 is 6.09 Å². The number of ether oxygens (including phenoxy) is 2. The number of methoxy groups -OCH3 is 1. The van der Waals surface area contributed by atoms with Crippen LogP contribution in [0.25, 0.3) is 0 Å². The summed E-state index contributed by atoms with van der Waals surface area (Å²) in [5.41, 5.74) is -0.718. The van der Waals surface area contributed by atoms with E-state index >= 15 is 0 Å². The number of hydrogen-bond acceptors (Lipinski definition) is 5. The zero-order valence-electron chi connectivity index (χ0n) is 22.6. The Hall–Kier alpha value is -1.91. The summed E-state index contributed by atoms with van der Waals surface area (Å²) in [4.78, 5) is 26.1. The predicted molar refractivity (Wildman–Crippen MR) is 140 cm³/mol. The first-order valence-corrected chi connectivity index (χ1v) is 16.0. The van der Waals surface area contributed by atoms with Crippen LogP contribution in [0.1, 0.15) is 61.8 Å². The molecule has 0 saturated carbocycles. The van der Waals surface area contributed by atoms with Gasteiger partial charge in [0.25, 0.3) is 5.91 Å². The van der Waals surface area contributed by atoms with Crippen LogP contribution in [0.5, 0.6) is 5.75 Å². The standard InChI is InChI=1S/C24H43N3O5SSi/c1-17(2)15-20(25-22(29)32-23(3,4)5)21(28)26-33(30,27-34(10,11)24(6,7)8)19-14-12-13-18(16-19)31-9/h12-14,16-17,20H,15H2,1-11H3,(H,25,29)(H,26,27,28,30)/t20-,33?/m0/s1. The van der Waals surface area contributed by atoms with E-state index in [4.69, 9.17) is 9.47 Å². The molecule has 1 unspecified atom stereocenters. The molecule has 1 aromatic rings. The van der Waals surface area contributed by atoms with Crippen molar-refractivity contribution in [2.24, 2.45) is 10.3 Å². The number of carbonyl (C=O) groups is 2. The average molecular weight is 514 g/mol. The van der Waals surface area contributed by atoms with Gasteiger partial charge in [0.05, 0.1) is 12.0 Å². The van der Waals surface area contributed by atoms with Crippen LogP contribution >= 0.6 is 0 Å². The smallest absolute Gasteiger partial charge is 0.408 e. The molecule has 1 rings (SSSR count). The molecule has 0 aliphatic carbocycles. The summed E-state index contributed by atoms with van der Waals surface area (Å²) < 4.78 is 32.5. The largest absolute Gasteiger partial charge is 0.497 e. The second kappa shape index (κ2) is 11.2. The van der Waals surface area contributed by atoms with Gasteiger partial charge in [-0.25, -0.2) is 13.4 Å². The van der Waals surface area contributed by atoms with E-state index in [1.165, 1.54) is 7.11 Å². The molecule has 34 heavy (non-hydrogen) atoms. The Kier molecular flexibility index (Phi) is 9.94. The monoisotopic (exact) mass is 513 g/mol. The normalized spacial score (nSPS) is 15.3. The van der Waals surface area contributed by atoms with Gasteiger partial charge in [-0.1, -0.05) is 53.8 Å². The maximum absolute atomic E-state index is 14.4. The van der Waals surface area contributed by atoms with Crippen molar-refractivity contribution in [3.63, 3.8) is 0 Å². The maximum atomic E-state index is 14.4. The van der Waals surface area contributed by atoms with Crippen molar-refractivity contribution < 1.29 is 23.3 Å². The number of hydrogen-bond donors (Lipinski definition) is 2. The number of alkyl carbamates (subject to hydrolysis) is 1. The van der Waals surface area contributed by atoms with Gasteiger partial charge in [0.1, 0.15) is 35.5 Å². The van der Waals surface area contributed by atoms with E-state index in [1.807, 2.05) is 13.8 Å². The lowest BCUT2D eigenvalue weighted by atomic mass is 10.0. The first kappa shape index (κ1) is 30.1.